The Labute approximate surface area is 118 Å². The molecule has 1 heterocycles. The molecule has 7 nitrogen and oxygen atoms in total. The van der Waals surface area contributed by atoms with Gasteiger partial charge in [0.15, 0.2) is 0 Å². The molecular formula is C12H20N2O5S. The molecule has 0 bridgehead atoms. The molecule has 8 heteroatoms. The molecule has 1 aromatic heterocycles. The summed E-state index contributed by atoms with van der Waals surface area (Å²) in [4.78, 5) is 11.0. The monoisotopic (exact) mass is 304 g/mol. The van der Waals surface area contributed by atoms with Crippen LogP contribution in [0, 0.1) is 0 Å². The van der Waals surface area contributed by atoms with Gasteiger partial charge in [0, 0.05) is 25.9 Å². The molecule has 0 saturated carbocycles. The van der Waals surface area contributed by atoms with Gasteiger partial charge in [0.05, 0.1) is 6.10 Å². The van der Waals surface area contributed by atoms with Gasteiger partial charge in [-0.1, -0.05) is 0 Å². The highest BCUT2D eigenvalue weighted by Gasteiger charge is 2.21. The number of carboxylic acids is 1. The standard InChI is InChI=1S/C12H20N2O5S/c1-4-14-8-10(6-11(14)12(15)16)20(17,18)13-7-9(3)19-5-2/h6,8-9,13H,4-5,7H2,1-3H3,(H,15,16). The van der Waals surface area contributed by atoms with Crippen LogP contribution in [0.3, 0.4) is 0 Å². The first-order valence-electron chi connectivity index (χ1n) is 6.36. The number of sulfonamides is 1. The molecule has 1 atom stereocenters. The zero-order valence-corrected chi connectivity index (χ0v) is 12.6. The van der Waals surface area contributed by atoms with E-state index in [1.54, 1.807) is 13.8 Å². The van der Waals surface area contributed by atoms with E-state index in [-0.39, 0.29) is 23.2 Å². The van der Waals surface area contributed by atoms with Crippen molar-refractivity contribution in [1.82, 2.24) is 9.29 Å². The normalized spacial score (nSPS) is 13.3. The van der Waals surface area contributed by atoms with Gasteiger partial charge in [-0.05, 0) is 26.8 Å². The Hall–Kier alpha value is -1.38. The predicted octanol–water partition coefficient (Wildman–Crippen LogP) is 0.909. The lowest BCUT2D eigenvalue weighted by Gasteiger charge is -2.12. The number of carboxylic acid groups (broad SMARTS) is 1. The third-order valence-electron chi connectivity index (χ3n) is 2.75. The number of nitrogens with one attached hydrogen (secondary N) is 1. The third-order valence-corrected chi connectivity index (χ3v) is 4.14. The Morgan fingerprint density at radius 3 is 2.60 bits per heavy atom. The van der Waals surface area contributed by atoms with E-state index in [4.69, 9.17) is 9.84 Å². The molecule has 0 aliphatic rings. The van der Waals surface area contributed by atoms with Crippen molar-refractivity contribution in [2.45, 2.75) is 38.3 Å². The molecule has 0 spiro atoms. The summed E-state index contributed by atoms with van der Waals surface area (Å²) in [6.07, 6.45) is 1.07. The number of hydrogen-bond acceptors (Lipinski definition) is 4. The minimum absolute atomic E-state index is 0.0502. The second kappa shape index (κ2) is 6.87. The van der Waals surface area contributed by atoms with E-state index in [2.05, 4.69) is 4.72 Å². The van der Waals surface area contributed by atoms with Crippen LogP contribution in [0.1, 0.15) is 31.3 Å². The van der Waals surface area contributed by atoms with E-state index in [9.17, 15) is 13.2 Å². The molecule has 1 unspecified atom stereocenters. The second-order valence-corrected chi connectivity index (χ2v) is 6.04. The molecule has 0 amide bonds. The average molecular weight is 304 g/mol. The van der Waals surface area contributed by atoms with Crippen molar-refractivity contribution in [3.63, 3.8) is 0 Å². The second-order valence-electron chi connectivity index (χ2n) is 4.27. The van der Waals surface area contributed by atoms with Gasteiger partial charge < -0.3 is 14.4 Å². The van der Waals surface area contributed by atoms with Crippen LogP contribution in [0.15, 0.2) is 17.2 Å². The van der Waals surface area contributed by atoms with Crippen molar-refractivity contribution in [3.8, 4) is 0 Å². The predicted molar refractivity (Wildman–Crippen MR) is 73.3 cm³/mol. The van der Waals surface area contributed by atoms with Gasteiger partial charge in [0.25, 0.3) is 0 Å². The fourth-order valence-electron chi connectivity index (χ4n) is 1.73. The van der Waals surface area contributed by atoms with Gasteiger partial charge in [0.2, 0.25) is 10.0 Å². The van der Waals surface area contributed by atoms with E-state index in [1.165, 1.54) is 10.8 Å². The van der Waals surface area contributed by atoms with Crippen LogP contribution in [-0.4, -0.2) is 43.3 Å². The lowest BCUT2D eigenvalue weighted by molar-refractivity contribution is 0.0685. The average Bonchev–Trinajstić information content (AvgIpc) is 2.82. The van der Waals surface area contributed by atoms with E-state index >= 15 is 0 Å². The number of hydrogen-bond donors (Lipinski definition) is 2. The minimum atomic E-state index is -3.73. The van der Waals surface area contributed by atoms with Crippen molar-refractivity contribution in [3.05, 3.63) is 18.0 Å². The summed E-state index contributed by atoms with van der Waals surface area (Å²) < 4.78 is 33.2. The van der Waals surface area contributed by atoms with Crippen molar-refractivity contribution in [2.75, 3.05) is 13.2 Å². The molecular weight excluding hydrogens is 284 g/mol. The molecule has 114 valence electrons. The van der Waals surface area contributed by atoms with Crippen molar-refractivity contribution >= 4 is 16.0 Å². The molecule has 0 radical (unpaired) electrons. The zero-order valence-electron chi connectivity index (χ0n) is 11.8. The summed E-state index contributed by atoms with van der Waals surface area (Å²) in [5, 5.41) is 9.01. The highest BCUT2D eigenvalue weighted by Crippen LogP contribution is 2.14. The summed E-state index contributed by atoms with van der Waals surface area (Å²) >= 11 is 0. The summed E-state index contributed by atoms with van der Waals surface area (Å²) in [7, 11) is -3.73. The lowest BCUT2D eigenvalue weighted by Crippen LogP contribution is -2.32. The SMILES string of the molecule is CCOC(C)CNS(=O)(=O)c1cc(C(=O)O)n(CC)c1. The van der Waals surface area contributed by atoms with Gasteiger partial charge in [-0.25, -0.2) is 17.9 Å². The number of aromatic nitrogens is 1. The molecule has 2 N–H and O–H groups in total. The number of aromatic carboxylic acids is 1. The number of rotatable bonds is 8. The Morgan fingerprint density at radius 1 is 1.50 bits per heavy atom. The van der Waals surface area contributed by atoms with Gasteiger partial charge in [-0.2, -0.15) is 0 Å². The first-order chi connectivity index (χ1) is 9.31. The Morgan fingerprint density at radius 2 is 2.15 bits per heavy atom. The van der Waals surface area contributed by atoms with Gasteiger partial charge in [0.1, 0.15) is 10.6 Å². The third kappa shape index (κ3) is 4.06. The fourth-order valence-corrected chi connectivity index (χ4v) is 2.88. The fraction of sp³-hybridized carbons (Fsp3) is 0.583. The van der Waals surface area contributed by atoms with Crippen LogP contribution in [0.2, 0.25) is 0 Å². The summed E-state index contributed by atoms with van der Waals surface area (Å²) in [5.41, 5.74) is -0.0502. The summed E-state index contributed by atoms with van der Waals surface area (Å²) in [6, 6.07) is 1.15. The highest BCUT2D eigenvalue weighted by atomic mass is 32.2. The summed E-state index contributed by atoms with van der Waals surface area (Å²) in [6.45, 7) is 6.34. The lowest BCUT2D eigenvalue weighted by atomic mass is 10.4. The summed E-state index contributed by atoms with van der Waals surface area (Å²) in [5.74, 6) is -1.16. The maximum Gasteiger partial charge on any atom is 0.352 e. The first kappa shape index (κ1) is 16.7. The zero-order chi connectivity index (χ0) is 15.3. The minimum Gasteiger partial charge on any atom is -0.477 e. The topological polar surface area (TPSA) is 97.6 Å². The molecule has 0 fully saturated rings. The molecule has 1 rings (SSSR count). The van der Waals surface area contributed by atoms with Crippen LogP contribution in [-0.2, 0) is 21.3 Å². The van der Waals surface area contributed by atoms with Crippen LogP contribution in [0.5, 0.6) is 0 Å². The van der Waals surface area contributed by atoms with E-state index < -0.39 is 16.0 Å². The Bertz CT molecular complexity index is 564. The van der Waals surface area contributed by atoms with Crippen LogP contribution < -0.4 is 4.72 Å². The largest absolute Gasteiger partial charge is 0.477 e. The van der Waals surface area contributed by atoms with Crippen molar-refractivity contribution < 1.29 is 23.1 Å². The quantitative estimate of drug-likeness (QED) is 0.744. The van der Waals surface area contributed by atoms with Crippen molar-refractivity contribution in [1.29, 1.82) is 0 Å². The first-order valence-corrected chi connectivity index (χ1v) is 7.84. The number of nitrogens with zero attached hydrogens (tertiary/aromatic N) is 1. The number of aryl methyl sites for hydroxylation is 1. The van der Waals surface area contributed by atoms with E-state index in [0.29, 0.717) is 13.2 Å². The van der Waals surface area contributed by atoms with Gasteiger partial charge >= 0.3 is 5.97 Å². The molecule has 0 aromatic carbocycles. The number of carbonyl (C=O) groups is 1. The molecule has 20 heavy (non-hydrogen) atoms. The Kier molecular flexibility index (Phi) is 5.73. The van der Waals surface area contributed by atoms with Crippen LogP contribution in [0.4, 0.5) is 0 Å². The molecule has 0 aliphatic carbocycles. The number of ether oxygens (including phenoxy) is 1. The maximum absolute atomic E-state index is 12.1. The molecule has 0 aliphatic heterocycles. The van der Waals surface area contributed by atoms with Crippen molar-refractivity contribution in [2.24, 2.45) is 0 Å². The van der Waals surface area contributed by atoms with Crippen LogP contribution >= 0.6 is 0 Å². The van der Waals surface area contributed by atoms with E-state index in [1.807, 2.05) is 6.92 Å². The Balaban J connectivity index is 2.90. The van der Waals surface area contributed by atoms with Gasteiger partial charge in [-0.3, -0.25) is 0 Å². The van der Waals surface area contributed by atoms with E-state index in [0.717, 1.165) is 6.07 Å². The smallest absolute Gasteiger partial charge is 0.352 e. The van der Waals surface area contributed by atoms with Gasteiger partial charge in [-0.15, -0.1) is 0 Å². The molecule has 1 aromatic rings. The molecule has 0 saturated heterocycles. The maximum atomic E-state index is 12.1. The van der Waals surface area contributed by atoms with Crippen LogP contribution in [0.25, 0.3) is 0 Å². The highest BCUT2D eigenvalue weighted by molar-refractivity contribution is 7.89.